The van der Waals surface area contributed by atoms with Gasteiger partial charge in [0.1, 0.15) is 0 Å². The van der Waals surface area contributed by atoms with E-state index in [2.05, 4.69) is 90.7 Å². The monoisotopic (exact) mass is 544 g/mol. The molecule has 0 radical (unpaired) electrons. The minimum atomic E-state index is 0.596. The maximum absolute atomic E-state index is 4.01. The molecule has 0 saturated heterocycles. The van der Waals surface area contributed by atoms with Gasteiger partial charge in [0.15, 0.2) is 0 Å². The highest BCUT2D eigenvalue weighted by atomic mass is 14.6. The van der Waals surface area contributed by atoms with E-state index in [1.807, 2.05) is 73.7 Å². The Morgan fingerprint density at radius 2 is 0.897 bits per heavy atom. The van der Waals surface area contributed by atoms with Gasteiger partial charge in [0.25, 0.3) is 0 Å². The molecule has 0 spiro atoms. The molecule has 2 aliphatic carbocycles. The van der Waals surface area contributed by atoms with Gasteiger partial charge in [-0.2, -0.15) is 0 Å². The lowest BCUT2D eigenvalue weighted by Crippen LogP contribution is -2.16. The number of hydrogen-bond acceptors (Lipinski definition) is 1. The van der Waals surface area contributed by atoms with E-state index in [4.69, 9.17) is 0 Å². The first-order valence-electron chi connectivity index (χ1n) is 16.7. The standard InChI is InChI=1S/C9H12.C8H11N.C7H14.C6H12.4C2H6/c1-8(2)9-6-4-3-5-7-9;1-7(2)8-4-3-5-9-6-8;1-6(2)7-4-3-5-7;1-5(2)6-3-4-6;4*1-2/h3-8H,1-2H3;3-7H,1-2H3;6-7H,3-5H2,1-2H3;5-6H,3-4H2,1-2H3;4*1-2H3. The predicted molar refractivity (Wildman–Crippen MR) is 184 cm³/mol. The number of nitrogens with zero attached hydrogens (tertiary/aromatic N) is 1. The van der Waals surface area contributed by atoms with E-state index in [0.717, 1.165) is 23.7 Å². The van der Waals surface area contributed by atoms with Crippen LogP contribution in [0.5, 0.6) is 0 Å². The van der Waals surface area contributed by atoms with Gasteiger partial charge < -0.3 is 0 Å². The van der Waals surface area contributed by atoms with E-state index >= 15 is 0 Å². The van der Waals surface area contributed by atoms with Crippen molar-refractivity contribution in [1.82, 2.24) is 4.98 Å². The van der Waals surface area contributed by atoms with Crippen molar-refractivity contribution >= 4 is 0 Å². The summed E-state index contributed by atoms with van der Waals surface area (Å²) in [4.78, 5) is 4.01. The van der Waals surface area contributed by atoms with Gasteiger partial charge in [-0.25, -0.2) is 0 Å². The molecule has 1 nitrogen and oxygen atoms in total. The fourth-order valence-corrected chi connectivity index (χ4v) is 3.42. The summed E-state index contributed by atoms with van der Waals surface area (Å²) >= 11 is 0. The van der Waals surface area contributed by atoms with Crippen molar-refractivity contribution < 1.29 is 0 Å². The molecule has 39 heavy (non-hydrogen) atoms. The maximum atomic E-state index is 4.01. The zero-order valence-electron chi connectivity index (χ0n) is 29.6. The van der Waals surface area contributed by atoms with Crippen LogP contribution in [0, 0.1) is 23.7 Å². The van der Waals surface area contributed by atoms with Crippen LogP contribution in [0.4, 0.5) is 0 Å². The molecule has 1 aromatic heterocycles. The Hall–Kier alpha value is -1.63. The molecule has 2 fully saturated rings. The molecule has 0 N–H and O–H groups in total. The van der Waals surface area contributed by atoms with Crippen LogP contribution in [0.3, 0.4) is 0 Å². The zero-order chi connectivity index (χ0) is 31.2. The lowest BCUT2D eigenvalue weighted by molar-refractivity contribution is 0.235. The van der Waals surface area contributed by atoms with Gasteiger partial charge >= 0.3 is 0 Å². The summed E-state index contributed by atoms with van der Waals surface area (Å²) < 4.78 is 0. The van der Waals surface area contributed by atoms with E-state index in [1.165, 1.54) is 43.2 Å². The molecule has 230 valence electrons. The van der Waals surface area contributed by atoms with Crippen LogP contribution in [-0.4, -0.2) is 4.98 Å². The van der Waals surface area contributed by atoms with Gasteiger partial charge in [0.2, 0.25) is 0 Å². The van der Waals surface area contributed by atoms with Crippen LogP contribution in [0.25, 0.3) is 0 Å². The molecule has 1 aromatic carbocycles. The van der Waals surface area contributed by atoms with Crippen molar-refractivity contribution in [1.29, 1.82) is 0 Å². The minimum absolute atomic E-state index is 0.596. The first kappa shape index (κ1) is 44.4. The first-order chi connectivity index (χ1) is 18.7. The van der Waals surface area contributed by atoms with Crippen LogP contribution in [0.15, 0.2) is 54.9 Å². The average Bonchev–Trinajstić information content (AvgIpc) is 3.80. The zero-order valence-corrected chi connectivity index (χ0v) is 29.6. The molecular weight excluding hydrogens is 470 g/mol. The molecule has 1 heteroatoms. The van der Waals surface area contributed by atoms with Gasteiger partial charge in [0.05, 0.1) is 0 Å². The Labute approximate surface area is 249 Å². The second kappa shape index (κ2) is 32.6. The van der Waals surface area contributed by atoms with Crippen molar-refractivity contribution in [3.05, 3.63) is 66.0 Å². The second-order valence-corrected chi connectivity index (χ2v) is 10.5. The average molecular weight is 544 g/mol. The number of aromatic nitrogens is 1. The van der Waals surface area contributed by atoms with E-state index in [1.54, 1.807) is 6.20 Å². The molecule has 2 saturated carbocycles. The van der Waals surface area contributed by atoms with Gasteiger partial charge in [0, 0.05) is 12.4 Å². The summed E-state index contributed by atoms with van der Waals surface area (Å²) in [6.07, 6.45) is 11.2. The lowest BCUT2D eigenvalue weighted by atomic mass is 9.78. The molecular formula is C38H73N. The van der Waals surface area contributed by atoms with E-state index in [9.17, 15) is 0 Å². The highest BCUT2D eigenvalue weighted by Gasteiger charge is 2.24. The van der Waals surface area contributed by atoms with Crippen molar-refractivity contribution in [3.8, 4) is 0 Å². The summed E-state index contributed by atoms with van der Waals surface area (Å²) in [6, 6.07) is 14.6. The van der Waals surface area contributed by atoms with Crippen LogP contribution in [-0.2, 0) is 0 Å². The fraction of sp³-hybridized carbons (Fsp3) is 0.711. The quantitative estimate of drug-likeness (QED) is 0.373. The summed E-state index contributed by atoms with van der Waals surface area (Å²) in [5, 5.41) is 0. The van der Waals surface area contributed by atoms with E-state index in [-0.39, 0.29) is 0 Å². The Morgan fingerprint density at radius 1 is 0.513 bits per heavy atom. The Balaban J connectivity index is -0.000000194. The summed E-state index contributed by atoms with van der Waals surface area (Å²) in [5.41, 5.74) is 2.72. The van der Waals surface area contributed by atoms with Crippen molar-refractivity contribution in [2.75, 3.05) is 0 Å². The third-order valence-corrected chi connectivity index (χ3v) is 6.47. The third-order valence-electron chi connectivity index (χ3n) is 6.47. The van der Waals surface area contributed by atoms with Crippen LogP contribution >= 0.6 is 0 Å². The maximum Gasteiger partial charge on any atom is 0.0302 e. The van der Waals surface area contributed by atoms with Gasteiger partial charge in [-0.1, -0.05) is 166 Å². The van der Waals surface area contributed by atoms with Crippen LogP contribution in [0.1, 0.15) is 166 Å². The Morgan fingerprint density at radius 3 is 1.05 bits per heavy atom. The minimum Gasteiger partial charge on any atom is -0.264 e. The van der Waals surface area contributed by atoms with Crippen LogP contribution in [0.2, 0.25) is 0 Å². The fourth-order valence-electron chi connectivity index (χ4n) is 3.42. The number of rotatable bonds is 4. The number of benzene rings is 1. The number of pyridine rings is 1. The van der Waals surface area contributed by atoms with Crippen molar-refractivity contribution in [3.63, 3.8) is 0 Å². The molecule has 0 unspecified atom stereocenters. The Kier molecular flexibility index (Phi) is 37.1. The van der Waals surface area contributed by atoms with Crippen molar-refractivity contribution in [2.45, 2.75) is 155 Å². The van der Waals surface area contributed by atoms with Crippen LogP contribution < -0.4 is 0 Å². The molecule has 2 aliphatic rings. The summed E-state index contributed by atoms with van der Waals surface area (Å²) in [7, 11) is 0. The Bertz CT molecular complexity index is 606. The molecule has 0 aliphatic heterocycles. The largest absolute Gasteiger partial charge is 0.264 e. The molecule has 4 rings (SSSR count). The molecule has 1 heterocycles. The van der Waals surface area contributed by atoms with Gasteiger partial charge in [-0.15, -0.1) is 0 Å². The third kappa shape index (κ3) is 27.7. The second-order valence-electron chi connectivity index (χ2n) is 10.5. The summed E-state index contributed by atoms with van der Waals surface area (Å²) in [6.45, 7) is 34.0. The highest BCUT2D eigenvalue weighted by Crippen LogP contribution is 2.35. The van der Waals surface area contributed by atoms with E-state index < -0.39 is 0 Å². The van der Waals surface area contributed by atoms with Gasteiger partial charge in [-0.05, 0) is 65.5 Å². The van der Waals surface area contributed by atoms with E-state index in [0.29, 0.717) is 11.8 Å². The predicted octanol–water partition coefficient (Wildman–Crippen LogP) is 13.6. The molecule has 0 atom stereocenters. The SMILES string of the molecule is CC.CC.CC.CC.CC(C)C1CC1.CC(C)C1CCC1.CC(C)c1ccccc1.CC(C)c1cccnc1. The van der Waals surface area contributed by atoms with Crippen molar-refractivity contribution in [2.24, 2.45) is 23.7 Å². The first-order valence-corrected chi connectivity index (χ1v) is 16.7. The molecule has 2 aromatic rings. The lowest BCUT2D eigenvalue weighted by Gasteiger charge is -2.28. The highest BCUT2D eigenvalue weighted by molar-refractivity contribution is 5.17. The number of hydrogen-bond donors (Lipinski definition) is 0. The normalized spacial score (nSPS) is 12.8. The topological polar surface area (TPSA) is 12.9 Å². The summed E-state index contributed by atoms with van der Waals surface area (Å²) in [5.74, 6) is 5.36. The molecule has 0 amide bonds. The smallest absolute Gasteiger partial charge is 0.0302 e. The molecule has 0 bridgehead atoms. The van der Waals surface area contributed by atoms with Gasteiger partial charge in [-0.3, -0.25) is 4.98 Å².